The van der Waals surface area contributed by atoms with Crippen LogP contribution in [0.25, 0.3) is 0 Å². The van der Waals surface area contributed by atoms with Gasteiger partial charge in [-0.1, -0.05) is 137 Å². The number of nitrogens with zero attached hydrogens (tertiary/aromatic N) is 1. The first kappa shape index (κ1) is 55.9. The molecule has 73 heavy (non-hydrogen) atoms. The van der Waals surface area contributed by atoms with E-state index < -0.39 is 119 Å². The maximum absolute atomic E-state index is 15.1. The summed E-state index contributed by atoms with van der Waals surface area (Å²) in [5, 5.41) is 32.3. The van der Waals surface area contributed by atoms with Gasteiger partial charge in [-0.15, -0.1) is 0 Å². The minimum absolute atomic E-state index is 0.0250. The smallest absolute Gasteiger partial charge is 0.339 e. The van der Waals surface area contributed by atoms with Crippen LogP contribution in [0.1, 0.15) is 122 Å². The Kier molecular flexibility index (Phi) is 21.1. The third-order valence-corrected chi connectivity index (χ3v) is 12.2. The highest BCUT2D eigenvalue weighted by Gasteiger charge is 2.37. The van der Waals surface area contributed by atoms with Crippen LogP contribution < -0.4 is 42.6 Å². The van der Waals surface area contributed by atoms with Crippen LogP contribution in [0.2, 0.25) is 0 Å². The monoisotopic (exact) mass is 1010 g/mol. The lowest BCUT2D eigenvalue weighted by Crippen LogP contribution is -2.59. The minimum Gasteiger partial charge on any atom is -0.478 e. The van der Waals surface area contributed by atoms with E-state index in [-0.39, 0.29) is 18.8 Å². The maximum Gasteiger partial charge on any atom is 0.339 e. The molecule has 4 aromatic rings. The maximum atomic E-state index is 15.1. The summed E-state index contributed by atoms with van der Waals surface area (Å²) in [6.07, 6.45) is 3.48. The number of carboxylic acids is 1. The van der Waals surface area contributed by atoms with Crippen molar-refractivity contribution in [2.75, 3.05) is 13.6 Å². The van der Waals surface area contributed by atoms with E-state index in [4.69, 9.17) is 0 Å². The molecule has 388 valence electrons. The van der Waals surface area contributed by atoms with E-state index in [0.29, 0.717) is 49.8 Å². The van der Waals surface area contributed by atoms with Crippen molar-refractivity contribution in [1.82, 2.24) is 42.6 Å². The van der Waals surface area contributed by atoms with Crippen LogP contribution in [0.4, 0.5) is 13.6 Å². The second kappa shape index (κ2) is 27.5. The predicted octanol–water partition coefficient (Wildman–Crippen LogP) is 5.32. The average Bonchev–Trinajstić information content (AvgIpc) is 3.38. The van der Waals surface area contributed by atoms with Gasteiger partial charge in [0.25, 0.3) is 11.8 Å². The summed E-state index contributed by atoms with van der Waals surface area (Å²) in [7, 11) is 1.40. The van der Waals surface area contributed by atoms with E-state index in [1.165, 1.54) is 7.05 Å². The highest BCUT2D eigenvalue weighted by molar-refractivity contribution is 6.41. The number of carboxylic acid groups (broad SMARTS) is 1. The summed E-state index contributed by atoms with van der Waals surface area (Å²) < 4.78 is 29.8. The summed E-state index contributed by atoms with van der Waals surface area (Å²) in [6.45, 7) is 4.66. The van der Waals surface area contributed by atoms with E-state index in [2.05, 4.69) is 47.7 Å². The second-order valence-corrected chi connectivity index (χ2v) is 18.0. The van der Waals surface area contributed by atoms with E-state index in [1.54, 1.807) is 51.1 Å². The predicted molar refractivity (Wildman–Crippen MR) is 268 cm³/mol. The van der Waals surface area contributed by atoms with Crippen LogP contribution in [0.15, 0.2) is 108 Å². The second-order valence-electron chi connectivity index (χ2n) is 18.0. The summed E-state index contributed by atoms with van der Waals surface area (Å²) in [6, 6.07) is 21.1. The first-order valence-electron chi connectivity index (χ1n) is 24.2. The van der Waals surface area contributed by atoms with Gasteiger partial charge in [0.05, 0.1) is 24.2 Å². The SMILES string of the molecule is CCCC(NC(=O)C(CC(C)C)NC(=O)C(NC(=O)c1c(F)ccc(F)c1C(=O)O)C1CCCCC1)/C(=N\NC(=O)NC(c1ccccc1)c1ccccc1)C(=O)NCC(=O)NC(C(=O)NC)c1ccccc1. The van der Waals surface area contributed by atoms with Crippen molar-refractivity contribution >= 4 is 53.2 Å². The summed E-state index contributed by atoms with van der Waals surface area (Å²) in [5.74, 6) is -10.6. The zero-order chi connectivity index (χ0) is 53.0. The van der Waals surface area contributed by atoms with Gasteiger partial charge in [-0.3, -0.25) is 28.8 Å². The Balaban J connectivity index is 1.44. The normalized spacial score (nSPS) is 14.4. The molecular formula is C53H63F2N9O9. The van der Waals surface area contributed by atoms with E-state index in [1.807, 2.05) is 60.7 Å². The lowest BCUT2D eigenvalue weighted by Gasteiger charge is -2.32. The molecule has 0 radical (unpaired) electrons. The van der Waals surface area contributed by atoms with Gasteiger partial charge in [-0.05, 0) is 66.3 Å². The number of amides is 8. The lowest BCUT2D eigenvalue weighted by molar-refractivity contribution is -0.131. The first-order chi connectivity index (χ1) is 35.0. The quantitative estimate of drug-likeness (QED) is 0.0343. The lowest BCUT2D eigenvalue weighted by atomic mass is 9.83. The fraction of sp³-hybridized carbons (Fsp3) is 0.377. The fourth-order valence-corrected chi connectivity index (χ4v) is 8.63. The van der Waals surface area contributed by atoms with E-state index in [0.717, 1.165) is 17.5 Å². The Morgan fingerprint density at radius 2 is 1.21 bits per heavy atom. The summed E-state index contributed by atoms with van der Waals surface area (Å²) in [5.41, 5.74) is 1.57. The van der Waals surface area contributed by atoms with E-state index >= 15 is 4.39 Å². The Hall–Kier alpha value is -8.03. The molecule has 4 unspecified atom stereocenters. The van der Waals surface area contributed by atoms with Crippen LogP contribution >= 0.6 is 0 Å². The third kappa shape index (κ3) is 16.0. The van der Waals surface area contributed by atoms with Gasteiger partial charge in [0.1, 0.15) is 41.0 Å². The topological polar surface area (TPSA) is 265 Å². The molecule has 0 bridgehead atoms. The molecule has 1 aliphatic carbocycles. The standard InChI is InChI=1S/C53H63F2N9O9/c1-5-18-38(58-47(66)39(29-31(2)3)59-51(70)45(35-25-16-9-17-26-35)61-48(67)41-36(54)27-28-37(55)42(41)52(71)72)46(50(69)57-30-40(65)60-44(49(68)56-4)34-23-14-8-15-24-34)63-64-53(73)62-43(32-19-10-6-11-20-32)33-21-12-7-13-22-33/h6-8,10-15,19-24,27-28,31,35,38-39,43-45H,5,9,16-18,25-26,29-30H2,1-4H3,(H,56,68)(H,57,69)(H,58,66)(H,59,70)(H,60,65)(H,61,67)(H,71,72)(H2,62,64,73)/b63-46+. The van der Waals surface area contributed by atoms with Crippen LogP contribution in [0.3, 0.4) is 0 Å². The molecule has 4 aromatic carbocycles. The molecular weight excluding hydrogens is 945 g/mol. The molecule has 0 aliphatic heterocycles. The van der Waals surface area contributed by atoms with Gasteiger partial charge >= 0.3 is 12.0 Å². The van der Waals surface area contributed by atoms with Crippen molar-refractivity contribution in [2.45, 2.75) is 102 Å². The zero-order valence-electron chi connectivity index (χ0n) is 41.1. The molecule has 1 fully saturated rings. The number of hydrazone groups is 1. The van der Waals surface area contributed by atoms with E-state index in [9.17, 15) is 47.9 Å². The number of nitrogens with one attached hydrogen (secondary N) is 8. The highest BCUT2D eigenvalue weighted by atomic mass is 19.1. The Morgan fingerprint density at radius 3 is 1.74 bits per heavy atom. The molecule has 1 aliphatic rings. The summed E-state index contributed by atoms with van der Waals surface area (Å²) >= 11 is 0. The van der Waals surface area contributed by atoms with Crippen molar-refractivity contribution in [3.63, 3.8) is 0 Å². The van der Waals surface area contributed by atoms with Crippen LogP contribution in [0, 0.1) is 23.5 Å². The van der Waals surface area contributed by atoms with Crippen LogP contribution in [0.5, 0.6) is 0 Å². The molecule has 20 heteroatoms. The molecule has 5 rings (SSSR count). The Morgan fingerprint density at radius 1 is 0.658 bits per heavy atom. The van der Waals surface area contributed by atoms with Crippen molar-refractivity contribution in [3.8, 4) is 0 Å². The first-order valence-corrected chi connectivity index (χ1v) is 24.2. The van der Waals surface area contributed by atoms with Gasteiger partial charge in [0, 0.05) is 7.05 Å². The Labute approximate surface area is 422 Å². The number of likely N-dealkylation sites (N-methyl/N-ethyl adjacent to an activating group) is 1. The van der Waals surface area contributed by atoms with Gasteiger partial charge in [-0.25, -0.2) is 23.8 Å². The molecule has 0 aromatic heterocycles. The van der Waals surface area contributed by atoms with Crippen molar-refractivity contribution in [2.24, 2.45) is 16.9 Å². The van der Waals surface area contributed by atoms with Crippen molar-refractivity contribution in [3.05, 3.63) is 143 Å². The number of hydrogen-bond donors (Lipinski definition) is 9. The van der Waals surface area contributed by atoms with Gasteiger partial charge in [0.15, 0.2) is 0 Å². The minimum atomic E-state index is -1.90. The number of halogens is 2. The average molecular weight is 1010 g/mol. The molecule has 9 N–H and O–H groups in total. The molecule has 0 saturated heterocycles. The van der Waals surface area contributed by atoms with Gasteiger partial charge in [-0.2, -0.15) is 5.10 Å². The highest BCUT2D eigenvalue weighted by Crippen LogP contribution is 2.28. The van der Waals surface area contributed by atoms with Crippen LogP contribution in [-0.4, -0.2) is 90.0 Å². The molecule has 8 amide bonds. The zero-order valence-corrected chi connectivity index (χ0v) is 41.1. The van der Waals surface area contributed by atoms with Crippen molar-refractivity contribution < 1.29 is 52.2 Å². The largest absolute Gasteiger partial charge is 0.478 e. The fourth-order valence-electron chi connectivity index (χ4n) is 8.63. The Bertz CT molecular complexity index is 2560. The number of rotatable bonds is 23. The van der Waals surface area contributed by atoms with Gasteiger partial charge in [0.2, 0.25) is 23.6 Å². The van der Waals surface area contributed by atoms with Gasteiger partial charge < -0.3 is 42.3 Å². The number of benzene rings is 4. The number of urea groups is 1. The molecule has 0 spiro atoms. The number of carbonyl (C=O) groups excluding carboxylic acids is 7. The number of hydrogen-bond acceptors (Lipinski definition) is 9. The molecule has 0 heterocycles. The molecule has 1 saturated carbocycles. The molecule has 4 atom stereocenters. The molecule has 18 nitrogen and oxygen atoms in total. The summed E-state index contributed by atoms with van der Waals surface area (Å²) in [4.78, 5) is 109. The number of carbonyl (C=O) groups is 8. The van der Waals surface area contributed by atoms with Crippen molar-refractivity contribution in [1.29, 1.82) is 0 Å². The van der Waals surface area contributed by atoms with Crippen LogP contribution in [-0.2, 0) is 24.0 Å². The number of aromatic carboxylic acids is 1. The third-order valence-electron chi connectivity index (χ3n) is 12.2.